The van der Waals surface area contributed by atoms with Crippen LogP contribution in [0.1, 0.15) is 22.5 Å². The number of aromatic nitrogens is 1. The van der Waals surface area contributed by atoms with Gasteiger partial charge in [0.1, 0.15) is 0 Å². The SMILES string of the molecule is Cc1nscc1C(=O)N1CCC1. The number of carbonyl (C=O) groups excluding carboxylic acids is 1. The molecule has 2 heterocycles. The smallest absolute Gasteiger partial charge is 0.256 e. The van der Waals surface area contributed by atoms with Gasteiger partial charge in [-0.1, -0.05) is 0 Å². The average Bonchev–Trinajstić information content (AvgIpc) is 2.31. The number of rotatable bonds is 1. The van der Waals surface area contributed by atoms with Gasteiger partial charge >= 0.3 is 0 Å². The van der Waals surface area contributed by atoms with E-state index in [-0.39, 0.29) is 5.91 Å². The van der Waals surface area contributed by atoms with E-state index in [0.717, 1.165) is 30.8 Å². The molecule has 0 radical (unpaired) electrons. The number of carbonyl (C=O) groups is 1. The lowest BCUT2D eigenvalue weighted by atomic mass is 10.1. The third-order valence-electron chi connectivity index (χ3n) is 2.12. The van der Waals surface area contributed by atoms with Crippen LogP contribution in [0.4, 0.5) is 0 Å². The van der Waals surface area contributed by atoms with E-state index in [0.29, 0.717) is 0 Å². The molecule has 64 valence electrons. The molecule has 1 saturated heterocycles. The van der Waals surface area contributed by atoms with E-state index >= 15 is 0 Å². The maximum Gasteiger partial charge on any atom is 0.256 e. The Morgan fingerprint density at radius 2 is 2.42 bits per heavy atom. The average molecular weight is 182 g/mol. The molecule has 0 bridgehead atoms. The van der Waals surface area contributed by atoms with Crippen LogP contribution in [0.2, 0.25) is 0 Å². The van der Waals surface area contributed by atoms with Crippen molar-refractivity contribution < 1.29 is 4.79 Å². The van der Waals surface area contributed by atoms with Crippen molar-refractivity contribution in [2.45, 2.75) is 13.3 Å². The van der Waals surface area contributed by atoms with Crippen LogP contribution in [0.3, 0.4) is 0 Å². The fraction of sp³-hybridized carbons (Fsp3) is 0.500. The second-order valence-corrected chi connectivity index (χ2v) is 3.59. The molecule has 1 aromatic rings. The van der Waals surface area contributed by atoms with Crippen molar-refractivity contribution in [3.05, 3.63) is 16.6 Å². The fourth-order valence-corrected chi connectivity index (χ4v) is 1.87. The van der Waals surface area contributed by atoms with E-state index in [4.69, 9.17) is 0 Å². The van der Waals surface area contributed by atoms with Gasteiger partial charge in [-0.15, -0.1) is 0 Å². The molecule has 1 aromatic heterocycles. The highest BCUT2D eigenvalue weighted by molar-refractivity contribution is 7.03. The molecule has 1 aliphatic rings. The Bertz CT molecular complexity index is 304. The summed E-state index contributed by atoms with van der Waals surface area (Å²) in [6.07, 6.45) is 1.14. The zero-order valence-electron chi connectivity index (χ0n) is 6.91. The Hall–Kier alpha value is -0.900. The minimum Gasteiger partial charge on any atom is -0.338 e. The van der Waals surface area contributed by atoms with Crippen molar-refractivity contribution in [3.8, 4) is 0 Å². The number of nitrogens with zero attached hydrogens (tertiary/aromatic N) is 2. The molecule has 2 rings (SSSR count). The Balaban J connectivity index is 2.19. The number of hydrogen-bond donors (Lipinski definition) is 0. The largest absolute Gasteiger partial charge is 0.338 e. The first-order chi connectivity index (χ1) is 5.79. The van der Waals surface area contributed by atoms with Gasteiger partial charge < -0.3 is 4.90 Å². The summed E-state index contributed by atoms with van der Waals surface area (Å²) < 4.78 is 4.07. The minimum atomic E-state index is 0.146. The van der Waals surface area contributed by atoms with Gasteiger partial charge in [0.05, 0.1) is 11.3 Å². The maximum atomic E-state index is 11.6. The zero-order chi connectivity index (χ0) is 8.55. The van der Waals surface area contributed by atoms with Crippen LogP contribution in [0, 0.1) is 6.92 Å². The molecule has 3 nitrogen and oxygen atoms in total. The van der Waals surface area contributed by atoms with Gasteiger partial charge in [0.15, 0.2) is 0 Å². The summed E-state index contributed by atoms with van der Waals surface area (Å²) in [4.78, 5) is 13.5. The van der Waals surface area contributed by atoms with Crippen molar-refractivity contribution in [1.82, 2.24) is 9.27 Å². The fourth-order valence-electron chi connectivity index (χ4n) is 1.19. The third-order valence-corrected chi connectivity index (χ3v) is 2.84. The highest BCUT2D eigenvalue weighted by atomic mass is 32.1. The topological polar surface area (TPSA) is 33.2 Å². The van der Waals surface area contributed by atoms with Crippen molar-refractivity contribution >= 4 is 17.4 Å². The van der Waals surface area contributed by atoms with Gasteiger partial charge in [0.25, 0.3) is 5.91 Å². The Morgan fingerprint density at radius 3 is 2.83 bits per heavy atom. The molecule has 0 atom stereocenters. The molecule has 0 aliphatic carbocycles. The zero-order valence-corrected chi connectivity index (χ0v) is 7.73. The summed E-state index contributed by atoms with van der Waals surface area (Å²) in [6.45, 7) is 3.70. The van der Waals surface area contributed by atoms with Gasteiger partial charge in [-0.3, -0.25) is 4.79 Å². The van der Waals surface area contributed by atoms with Gasteiger partial charge in [-0.2, -0.15) is 4.37 Å². The molecular formula is C8H10N2OS. The predicted molar refractivity (Wildman–Crippen MR) is 47.4 cm³/mol. The first-order valence-electron chi connectivity index (χ1n) is 3.99. The lowest BCUT2D eigenvalue weighted by Crippen LogP contribution is -2.42. The second-order valence-electron chi connectivity index (χ2n) is 2.96. The molecule has 0 aromatic carbocycles. The molecule has 0 spiro atoms. The number of amides is 1. The molecular weight excluding hydrogens is 172 g/mol. The van der Waals surface area contributed by atoms with Crippen LogP contribution in [0.25, 0.3) is 0 Å². The Labute approximate surface area is 75.2 Å². The highest BCUT2D eigenvalue weighted by Gasteiger charge is 2.23. The molecule has 0 unspecified atom stereocenters. The maximum absolute atomic E-state index is 11.6. The van der Waals surface area contributed by atoms with Crippen LogP contribution in [0.5, 0.6) is 0 Å². The van der Waals surface area contributed by atoms with Crippen LogP contribution < -0.4 is 0 Å². The van der Waals surface area contributed by atoms with Gasteiger partial charge in [0.2, 0.25) is 0 Å². The van der Waals surface area contributed by atoms with Gasteiger partial charge in [-0.25, -0.2) is 0 Å². The summed E-state index contributed by atoms with van der Waals surface area (Å²) in [7, 11) is 0. The molecule has 1 amide bonds. The van der Waals surface area contributed by atoms with Crippen molar-refractivity contribution in [1.29, 1.82) is 0 Å². The second kappa shape index (κ2) is 2.86. The summed E-state index contributed by atoms with van der Waals surface area (Å²) in [6, 6.07) is 0. The summed E-state index contributed by atoms with van der Waals surface area (Å²) in [5, 5.41) is 1.83. The Kier molecular flexibility index (Phi) is 1.84. The lowest BCUT2D eigenvalue weighted by molar-refractivity contribution is 0.0651. The lowest BCUT2D eigenvalue weighted by Gasteiger charge is -2.30. The van der Waals surface area contributed by atoms with Gasteiger partial charge in [0, 0.05) is 18.5 Å². The summed E-state index contributed by atoms with van der Waals surface area (Å²) >= 11 is 1.35. The van der Waals surface area contributed by atoms with E-state index in [1.165, 1.54) is 11.5 Å². The van der Waals surface area contributed by atoms with E-state index in [9.17, 15) is 4.79 Å². The summed E-state index contributed by atoms with van der Waals surface area (Å²) in [5.41, 5.74) is 1.64. The molecule has 0 N–H and O–H groups in total. The molecule has 1 fully saturated rings. The quantitative estimate of drug-likeness (QED) is 0.656. The van der Waals surface area contributed by atoms with Crippen molar-refractivity contribution in [2.75, 3.05) is 13.1 Å². The minimum absolute atomic E-state index is 0.146. The monoisotopic (exact) mass is 182 g/mol. The van der Waals surface area contributed by atoms with E-state index < -0.39 is 0 Å². The van der Waals surface area contributed by atoms with Crippen LogP contribution >= 0.6 is 11.5 Å². The molecule has 0 saturated carbocycles. The van der Waals surface area contributed by atoms with Crippen molar-refractivity contribution in [3.63, 3.8) is 0 Å². The first kappa shape index (κ1) is 7.73. The number of hydrogen-bond acceptors (Lipinski definition) is 3. The number of aryl methyl sites for hydroxylation is 1. The molecule has 1 aliphatic heterocycles. The molecule has 12 heavy (non-hydrogen) atoms. The summed E-state index contributed by atoms with van der Waals surface area (Å²) in [5.74, 6) is 0.146. The van der Waals surface area contributed by atoms with Crippen LogP contribution in [-0.4, -0.2) is 28.3 Å². The van der Waals surface area contributed by atoms with E-state index in [1.54, 1.807) is 0 Å². The van der Waals surface area contributed by atoms with Crippen LogP contribution in [-0.2, 0) is 0 Å². The normalized spacial score (nSPS) is 15.9. The van der Waals surface area contributed by atoms with E-state index in [1.807, 2.05) is 17.2 Å². The molecule has 4 heteroatoms. The van der Waals surface area contributed by atoms with E-state index in [2.05, 4.69) is 4.37 Å². The van der Waals surface area contributed by atoms with Crippen LogP contribution in [0.15, 0.2) is 5.38 Å². The van der Waals surface area contributed by atoms with Gasteiger partial charge in [-0.05, 0) is 24.9 Å². The standard InChI is InChI=1S/C8H10N2OS/c1-6-7(5-12-9-6)8(11)10-3-2-4-10/h5H,2-4H2,1H3. The number of likely N-dealkylation sites (tertiary alicyclic amines) is 1. The first-order valence-corrected chi connectivity index (χ1v) is 4.83. The van der Waals surface area contributed by atoms with Crippen molar-refractivity contribution in [2.24, 2.45) is 0 Å². The Morgan fingerprint density at radius 1 is 1.67 bits per heavy atom. The highest BCUT2D eigenvalue weighted by Crippen LogP contribution is 2.16. The predicted octanol–water partition coefficient (Wildman–Crippen LogP) is 1.30. The third kappa shape index (κ3) is 1.12.